The van der Waals surface area contributed by atoms with E-state index in [1.54, 1.807) is 0 Å². The molecule has 0 unspecified atom stereocenters. The number of esters is 1. The first-order valence-electron chi connectivity index (χ1n) is 7.21. The van der Waals surface area contributed by atoms with E-state index in [0.29, 0.717) is 24.8 Å². The zero-order chi connectivity index (χ0) is 18.3. The highest BCUT2D eigenvalue weighted by Gasteiger charge is 2.29. The van der Waals surface area contributed by atoms with E-state index in [0.717, 1.165) is 0 Å². The van der Waals surface area contributed by atoms with E-state index in [1.165, 1.54) is 18.2 Å². The number of fused-ring (bicyclic) bond motifs is 1. The minimum Gasteiger partial charge on any atom is -0.416 e. The largest absolute Gasteiger partial charge is 0.416 e. The lowest BCUT2D eigenvalue weighted by Gasteiger charge is -2.15. The fraction of sp³-hybridized carbons (Fsp3) is 0.176. The van der Waals surface area contributed by atoms with Crippen molar-refractivity contribution in [3.63, 3.8) is 0 Å². The van der Waals surface area contributed by atoms with E-state index < -0.39 is 40.8 Å². The van der Waals surface area contributed by atoms with E-state index in [-0.39, 0.29) is 16.9 Å². The van der Waals surface area contributed by atoms with Crippen LogP contribution in [-0.4, -0.2) is 11.8 Å². The number of aryl methyl sites for hydroxylation is 1. The normalized spacial score (nSPS) is 13.6. The molecule has 3 rings (SSSR count). The second kappa shape index (κ2) is 6.27. The molecule has 25 heavy (non-hydrogen) atoms. The highest BCUT2D eigenvalue weighted by Crippen LogP contribution is 2.30. The number of hydrogen-bond donors (Lipinski definition) is 0. The van der Waals surface area contributed by atoms with Gasteiger partial charge in [-0.2, -0.15) is 8.78 Å². The summed E-state index contributed by atoms with van der Waals surface area (Å²) < 4.78 is 70.7. The number of halogens is 5. The summed E-state index contributed by atoms with van der Waals surface area (Å²) in [6.45, 7) is 0. The van der Waals surface area contributed by atoms with Crippen LogP contribution in [0, 0.1) is 29.1 Å². The molecule has 0 bridgehead atoms. The van der Waals surface area contributed by atoms with E-state index in [2.05, 4.69) is 4.74 Å². The van der Waals surface area contributed by atoms with Crippen molar-refractivity contribution in [1.29, 1.82) is 0 Å². The molecule has 8 heteroatoms. The van der Waals surface area contributed by atoms with Gasteiger partial charge in [0.05, 0.1) is 5.56 Å². The second-order valence-corrected chi connectivity index (χ2v) is 5.44. The molecule has 0 spiro atoms. The van der Waals surface area contributed by atoms with Gasteiger partial charge in [0.25, 0.3) is 0 Å². The van der Waals surface area contributed by atoms with Crippen molar-refractivity contribution in [2.75, 3.05) is 0 Å². The summed E-state index contributed by atoms with van der Waals surface area (Å²) in [5, 5.41) is 0. The number of ketones is 1. The molecule has 0 aliphatic heterocycles. The first-order chi connectivity index (χ1) is 11.8. The zero-order valence-corrected chi connectivity index (χ0v) is 12.5. The first kappa shape index (κ1) is 17.1. The lowest BCUT2D eigenvalue weighted by Crippen LogP contribution is -2.16. The van der Waals surface area contributed by atoms with Gasteiger partial charge >= 0.3 is 5.97 Å². The van der Waals surface area contributed by atoms with Crippen LogP contribution in [0.1, 0.15) is 39.1 Å². The van der Waals surface area contributed by atoms with Gasteiger partial charge in [0.2, 0.25) is 34.8 Å². The number of Topliss-reactive ketones (excluding diaryl/α,β-unsaturated/α-hetero) is 1. The summed E-state index contributed by atoms with van der Waals surface area (Å²) in [5.74, 6) is -14.5. The Balaban J connectivity index is 1.97. The molecular formula is C17H9F5O3. The summed E-state index contributed by atoms with van der Waals surface area (Å²) in [4.78, 5) is 23.9. The van der Waals surface area contributed by atoms with Crippen molar-refractivity contribution >= 4 is 11.8 Å². The Kier molecular flexibility index (Phi) is 4.28. The maximum absolute atomic E-state index is 13.6. The number of carbonyl (C=O) groups excluding carboxylic acids is 2. The summed E-state index contributed by atoms with van der Waals surface area (Å²) in [6, 6.07) is 3.93. The van der Waals surface area contributed by atoms with Gasteiger partial charge < -0.3 is 4.74 Å². The van der Waals surface area contributed by atoms with Gasteiger partial charge in [0, 0.05) is 12.0 Å². The molecule has 2 aromatic rings. The van der Waals surface area contributed by atoms with Crippen LogP contribution in [0.3, 0.4) is 0 Å². The van der Waals surface area contributed by atoms with E-state index in [1.807, 2.05) is 0 Å². The average Bonchev–Trinajstić information content (AvgIpc) is 2.62. The minimum atomic E-state index is -2.35. The van der Waals surface area contributed by atoms with E-state index in [4.69, 9.17) is 0 Å². The van der Waals surface area contributed by atoms with Crippen molar-refractivity contribution in [3.05, 3.63) is 64.0 Å². The molecule has 0 atom stereocenters. The van der Waals surface area contributed by atoms with Crippen LogP contribution >= 0.6 is 0 Å². The highest BCUT2D eigenvalue weighted by molar-refractivity contribution is 6.01. The third kappa shape index (κ3) is 2.88. The minimum absolute atomic E-state index is 0.202. The van der Waals surface area contributed by atoms with Crippen molar-refractivity contribution < 1.29 is 36.3 Å². The van der Waals surface area contributed by atoms with Crippen LogP contribution in [0.2, 0.25) is 0 Å². The van der Waals surface area contributed by atoms with Gasteiger partial charge in [-0.3, -0.25) is 4.79 Å². The van der Waals surface area contributed by atoms with Crippen LogP contribution in [0.4, 0.5) is 22.0 Å². The van der Waals surface area contributed by atoms with Crippen molar-refractivity contribution in [1.82, 2.24) is 0 Å². The van der Waals surface area contributed by atoms with Crippen molar-refractivity contribution in [2.45, 2.75) is 19.3 Å². The standard InChI is InChI=1S/C17H9F5O3/c18-11-12(19)14(21)16(15(22)13(11)20)25-17(24)8-5-4-7-2-1-3-10(23)9(7)6-8/h4-6H,1-3H2. The van der Waals surface area contributed by atoms with Gasteiger partial charge in [-0.1, -0.05) is 6.07 Å². The van der Waals surface area contributed by atoms with Crippen molar-refractivity contribution in [3.8, 4) is 5.75 Å². The van der Waals surface area contributed by atoms with Crippen LogP contribution in [0.5, 0.6) is 5.75 Å². The Morgan fingerprint density at radius 1 is 0.880 bits per heavy atom. The molecule has 0 aromatic heterocycles. The first-order valence-corrected chi connectivity index (χ1v) is 7.21. The maximum Gasteiger partial charge on any atom is 0.343 e. The van der Waals surface area contributed by atoms with Gasteiger partial charge in [0.15, 0.2) is 5.78 Å². The van der Waals surface area contributed by atoms with Crippen LogP contribution in [0.15, 0.2) is 18.2 Å². The molecular weight excluding hydrogens is 347 g/mol. The number of benzene rings is 2. The molecule has 0 radical (unpaired) electrons. The lowest BCUT2D eigenvalue weighted by atomic mass is 9.89. The Labute approximate surface area is 138 Å². The molecule has 130 valence electrons. The second-order valence-electron chi connectivity index (χ2n) is 5.44. The Morgan fingerprint density at radius 2 is 1.48 bits per heavy atom. The Hall–Kier alpha value is -2.77. The summed E-state index contributed by atoms with van der Waals surface area (Å²) in [6.07, 6.45) is 1.59. The molecule has 0 heterocycles. The molecule has 0 amide bonds. The van der Waals surface area contributed by atoms with Gasteiger partial charge in [-0.25, -0.2) is 18.0 Å². The molecule has 0 saturated carbocycles. The van der Waals surface area contributed by atoms with Crippen LogP contribution in [0.25, 0.3) is 0 Å². The molecule has 0 saturated heterocycles. The quantitative estimate of drug-likeness (QED) is 0.267. The molecule has 3 nitrogen and oxygen atoms in total. The monoisotopic (exact) mass is 356 g/mol. The smallest absolute Gasteiger partial charge is 0.343 e. The lowest BCUT2D eigenvalue weighted by molar-refractivity contribution is 0.0716. The number of rotatable bonds is 2. The van der Waals surface area contributed by atoms with Gasteiger partial charge in [-0.15, -0.1) is 0 Å². The topological polar surface area (TPSA) is 43.4 Å². The van der Waals surface area contributed by atoms with Gasteiger partial charge in [-0.05, 0) is 30.5 Å². The van der Waals surface area contributed by atoms with E-state index in [9.17, 15) is 31.5 Å². The molecule has 1 aliphatic rings. The predicted octanol–water partition coefficient (Wildman–Crippen LogP) is 4.12. The number of carbonyl (C=O) groups is 2. The van der Waals surface area contributed by atoms with Crippen LogP contribution < -0.4 is 4.74 Å². The van der Waals surface area contributed by atoms with E-state index >= 15 is 0 Å². The Bertz CT molecular complexity index is 879. The summed E-state index contributed by atoms with van der Waals surface area (Å²) in [7, 11) is 0. The molecule has 2 aromatic carbocycles. The van der Waals surface area contributed by atoms with Crippen LogP contribution in [-0.2, 0) is 6.42 Å². The third-order valence-corrected chi connectivity index (χ3v) is 3.86. The average molecular weight is 356 g/mol. The summed E-state index contributed by atoms with van der Waals surface area (Å²) in [5.41, 5.74) is 0.750. The van der Waals surface area contributed by atoms with Crippen molar-refractivity contribution in [2.24, 2.45) is 0 Å². The zero-order valence-electron chi connectivity index (χ0n) is 12.5. The Morgan fingerprint density at radius 3 is 2.12 bits per heavy atom. The summed E-state index contributed by atoms with van der Waals surface area (Å²) >= 11 is 0. The predicted molar refractivity (Wildman–Crippen MR) is 74.9 cm³/mol. The molecule has 0 fully saturated rings. The molecule has 0 N–H and O–H groups in total. The van der Waals surface area contributed by atoms with Gasteiger partial charge in [0.1, 0.15) is 0 Å². The fourth-order valence-electron chi connectivity index (χ4n) is 2.58. The fourth-order valence-corrected chi connectivity index (χ4v) is 2.58. The highest BCUT2D eigenvalue weighted by atomic mass is 19.2. The number of ether oxygens (including phenoxy) is 1. The third-order valence-electron chi connectivity index (χ3n) is 3.86. The SMILES string of the molecule is O=C(Oc1c(F)c(F)c(F)c(F)c1F)c1ccc2c(c1)C(=O)CCC2. The number of hydrogen-bond acceptors (Lipinski definition) is 3. The molecule has 1 aliphatic carbocycles. The maximum atomic E-state index is 13.6.